The molecule has 0 aliphatic carbocycles. The molecule has 0 heterocycles. The molecule has 0 bridgehead atoms. The van der Waals surface area contributed by atoms with Gasteiger partial charge in [-0.1, -0.05) is 0 Å². The summed E-state index contributed by atoms with van der Waals surface area (Å²) in [5.74, 6) is 0. The maximum absolute atomic E-state index is 5.69. The van der Waals surface area contributed by atoms with Gasteiger partial charge >= 0.3 is 0 Å². The maximum Gasteiger partial charge on any atom is 0.0634 e. The van der Waals surface area contributed by atoms with Gasteiger partial charge in [-0.2, -0.15) is 0 Å². The summed E-state index contributed by atoms with van der Waals surface area (Å²) in [6.07, 6.45) is 1.03. The highest BCUT2D eigenvalue weighted by Gasteiger charge is 2.16. The number of hydrogen-bond donors (Lipinski definition) is 1. The second kappa shape index (κ2) is 5.58. The molecule has 0 radical (unpaired) electrons. The highest BCUT2D eigenvalue weighted by atomic mass is 16.5. The molecule has 0 saturated heterocycles. The number of nitrogens with two attached hydrogens (primary N) is 1. The van der Waals surface area contributed by atoms with Crippen molar-refractivity contribution in [2.75, 3.05) is 27.2 Å². The molecule has 0 aromatic heterocycles. The van der Waals surface area contributed by atoms with Crippen molar-refractivity contribution in [3.63, 3.8) is 0 Å². The zero-order chi connectivity index (χ0) is 10.5. The summed E-state index contributed by atoms with van der Waals surface area (Å²) >= 11 is 0. The second-order valence-electron chi connectivity index (χ2n) is 4.45. The van der Waals surface area contributed by atoms with E-state index in [1.807, 2.05) is 6.92 Å². The van der Waals surface area contributed by atoms with Crippen LogP contribution in [0.3, 0.4) is 0 Å². The third-order valence-electron chi connectivity index (χ3n) is 2.25. The zero-order valence-corrected chi connectivity index (χ0v) is 9.63. The topological polar surface area (TPSA) is 38.5 Å². The number of hydrogen-bond acceptors (Lipinski definition) is 3. The van der Waals surface area contributed by atoms with Gasteiger partial charge in [0.1, 0.15) is 0 Å². The monoisotopic (exact) mass is 188 g/mol. The molecule has 0 saturated carbocycles. The van der Waals surface area contributed by atoms with Crippen molar-refractivity contribution in [1.29, 1.82) is 0 Å². The van der Waals surface area contributed by atoms with Crippen molar-refractivity contribution in [1.82, 2.24) is 4.90 Å². The highest BCUT2D eigenvalue weighted by Crippen LogP contribution is 2.12. The Kier molecular flexibility index (Phi) is 5.53. The molecule has 0 amide bonds. The molecule has 2 N–H and O–H groups in total. The second-order valence-corrected chi connectivity index (χ2v) is 4.45. The van der Waals surface area contributed by atoms with E-state index in [9.17, 15) is 0 Å². The molecular formula is C10H24N2O. The van der Waals surface area contributed by atoms with Gasteiger partial charge in [-0.15, -0.1) is 0 Å². The maximum atomic E-state index is 5.69. The average Bonchev–Trinajstić information content (AvgIpc) is 2.00. The normalized spacial score (nSPS) is 15.0. The van der Waals surface area contributed by atoms with Gasteiger partial charge in [-0.05, 0) is 34.2 Å². The highest BCUT2D eigenvalue weighted by molar-refractivity contribution is 4.70. The van der Waals surface area contributed by atoms with Crippen LogP contribution in [0.15, 0.2) is 0 Å². The summed E-state index contributed by atoms with van der Waals surface area (Å²) < 4.78 is 5.34. The van der Waals surface area contributed by atoms with Crippen LogP contribution in [0.5, 0.6) is 0 Å². The third kappa shape index (κ3) is 6.99. The van der Waals surface area contributed by atoms with Crippen LogP contribution in [0, 0.1) is 0 Å². The van der Waals surface area contributed by atoms with Gasteiger partial charge in [0.05, 0.1) is 5.60 Å². The van der Waals surface area contributed by atoms with Crippen molar-refractivity contribution in [2.45, 2.75) is 38.8 Å². The van der Waals surface area contributed by atoms with E-state index in [1.54, 1.807) is 7.11 Å². The first kappa shape index (κ1) is 12.9. The molecular weight excluding hydrogens is 164 g/mol. The molecule has 0 aromatic carbocycles. The summed E-state index contributed by atoms with van der Waals surface area (Å²) in [5.41, 5.74) is 5.67. The lowest BCUT2D eigenvalue weighted by Gasteiger charge is -2.26. The molecule has 0 aromatic rings. The van der Waals surface area contributed by atoms with Crippen LogP contribution in [0.1, 0.15) is 27.2 Å². The minimum atomic E-state index is -0.0217. The van der Waals surface area contributed by atoms with Gasteiger partial charge in [0, 0.05) is 26.2 Å². The summed E-state index contributed by atoms with van der Waals surface area (Å²) in [6, 6.07) is 0.246. The number of likely N-dealkylation sites (N-methyl/N-ethyl adjacent to an activating group) is 1. The van der Waals surface area contributed by atoms with Crippen LogP contribution >= 0.6 is 0 Å². The SMILES string of the molecule is COC(C)(C)CCN(C)CC(C)N. The Bertz CT molecular complexity index is 135. The first-order valence-corrected chi connectivity index (χ1v) is 4.86. The first-order chi connectivity index (χ1) is 5.87. The van der Waals surface area contributed by atoms with Crippen molar-refractivity contribution in [3.05, 3.63) is 0 Å². The van der Waals surface area contributed by atoms with E-state index in [0.717, 1.165) is 19.5 Å². The molecule has 80 valence electrons. The summed E-state index contributed by atoms with van der Waals surface area (Å²) in [4.78, 5) is 2.24. The Balaban J connectivity index is 3.63. The lowest BCUT2D eigenvalue weighted by Crippen LogP contribution is -2.36. The smallest absolute Gasteiger partial charge is 0.0634 e. The Hall–Kier alpha value is -0.120. The van der Waals surface area contributed by atoms with Crippen LogP contribution < -0.4 is 5.73 Å². The van der Waals surface area contributed by atoms with Gasteiger partial charge in [-0.3, -0.25) is 0 Å². The van der Waals surface area contributed by atoms with E-state index in [0.29, 0.717) is 0 Å². The van der Waals surface area contributed by atoms with Crippen LogP contribution in [-0.2, 0) is 4.74 Å². The molecule has 13 heavy (non-hydrogen) atoms. The number of rotatable bonds is 6. The lowest BCUT2D eigenvalue weighted by atomic mass is 10.1. The van der Waals surface area contributed by atoms with E-state index < -0.39 is 0 Å². The van der Waals surface area contributed by atoms with Gasteiger partial charge in [0.15, 0.2) is 0 Å². The molecule has 0 rings (SSSR count). The fourth-order valence-corrected chi connectivity index (χ4v) is 1.15. The van der Waals surface area contributed by atoms with Crippen LogP contribution in [0.25, 0.3) is 0 Å². The van der Waals surface area contributed by atoms with Crippen molar-refractivity contribution >= 4 is 0 Å². The summed E-state index contributed by atoms with van der Waals surface area (Å²) in [7, 11) is 3.85. The zero-order valence-electron chi connectivity index (χ0n) is 9.63. The fourth-order valence-electron chi connectivity index (χ4n) is 1.15. The predicted molar refractivity (Wildman–Crippen MR) is 56.9 cm³/mol. The van der Waals surface area contributed by atoms with E-state index >= 15 is 0 Å². The quantitative estimate of drug-likeness (QED) is 0.678. The molecule has 0 aliphatic heterocycles. The molecule has 0 spiro atoms. The van der Waals surface area contributed by atoms with Crippen LogP contribution in [0.4, 0.5) is 0 Å². The van der Waals surface area contributed by atoms with Crippen LogP contribution in [0.2, 0.25) is 0 Å². The van der Waals surface area contributed by atoms with Gasteiger partial charge < -0.3 is 15.4 Å². The third-order valence-corrected chi connectivity index (χ3v) is 2.25. The minimum Gasteiger partial charge on any atom is -0.379 e. The Morgan fingerprint density at radius 3 is 2.38 bits per heavy atom. The van der Waals surface area contributed by atoms with Gasteiger partial charge in [-0.25, -0.2) is 0 Å². The molecule has 1 unspecified atom stereocenters. The molecule has 3 nitrogen and oxygen atoms in total. The first-order valence-electron chi connectivity index (χ1n) is 4.86. The number of ether oxygens (including phenoxy) is 1. The van der Waals surface area contributed by atoms with Crippen LogP contribution in [-0.4, -0.2) is 43.8 Å². The molecule has 0 aliphatic rings. The summed E-state index contributed by atoms with van der Waals surface area (Å²) in [6.45, 7) is 8.21. The van der Waals surface area contributed by atoms with Crippen molar-refractivity contribution in [2.24, 2.45) is 5.73 Å². The van der Waals surface area contributed by atoms with Gasteiger partial charge in [0.25, 0.3) is 0 Å². The molecule has 3 heteroatoms. The van der Waals surface area contributed by atoms with E-state index in [2.05, 4.69) is 25.8 Å². The van der Waals surface area contributed by atoms with E-state index in [4.69, 9.17) is 10.5 Å². The van der Waals surface area contributed by atoms with Crippen molar-refractivity contribution < 1.29 is 4.74 Å². The predicted octanol–water partition coefficient (Wildman–Crippen LogP) is 1.08. The average molecular weight is 188 g/mol. The fraction of sp³-hybridized carbons (Fsp3) is 1.00. The largest absolute Gasteiger partial charge is 0.379 e. The Morgan fingerprint density at radius 2 is 2.00 bits per heavy atom. The summed E-state index contributed by atoms with van der Waals surface area (Å²) in [5, 5.41) is 0. The minimum absolute atomic E-state index is 0.0217. The number of methoxy groups -OCH3 is 1. The van der Waals surface area contributed by atoms with E-state index in [1.165, 1.54) is 0 Å². The Morgan fingerprint density at radius 1 is 1.46 bits per heavy atom. The van der Waals surface area contributed by atoms with E-state index in [-0.39, 0.29) is 11.6 Å². The van der Waals surface area contributed by atoms with Crippen molar-refractivity contribution in [3.8, 4) is 0 Å². The number of nitrogens with zero attached hydrogens (tertiary/aromatic N) is 1. The Labute approximate surface area is 82.2 Å². The molecule has 0 fully saturated rings. The lowest BCUT2D eigenvalue weighted by molar-refractivity contribution is 0.00892. The van der Waals surface area contributed by atoms with Gasteiger partial charge in [0.2, 0.25) is 0 Å². The standard InChI is InChI=1S/C10H24N2O/c1-9(11)8-12(4)7-6-10(2,3)13-5/h9H,6-8,11H2,1-5H3. The molecule has 1 atom stereocenters.